The molecule has 0 spiro atoms. The van der Waals surface area contributed by atoms with Gasteiger partial charge in [-0.3, -0.25) is 4.79 Å². The van der Waals surface area contributed by atoms with Crippen LogP contribution in [0.1, 0.15) is 0 Å². The molecular weight excluding hydrogens is 330 g/mol. The topological polar surface area (TPSA) is 92.0 Å². The lowest BCUT2D eigenvalue weighted by Crippen LogP contribution is -2.09. The van der Waals surface area contributed by atoms with E-state index in [1.807, 2.05) is 0 Å². The predicted octanol–water partition coefficient (Wildman–Crippen LogP) is 3.60. The van der Waals surface area contributed by atoms with Crippen molar-refractivity contribution in [3.63, 3.8) is 0 Å². The molecule has 0 atom stereocenters. The molecule has 0 fully saturated rings. The van der Waals surface area contributed by atoms with E-state index in [1.165, 1.54) is 0 Å². The van der Waals surface area contributed by atoms with Gasteiger partial charge in [0.1, 0.15) is 11.3 Å². The molecule has 0 aliphatic rings. The molecule has 0 radical (unpaired) electrons. The molecular formula is C17H10ClN3O3. The fraction of sp³-hybridized carbons (Fsp3) is 0. The Morgan fingerprint density at radius 3 is 2.67 bits per heavy atom. The first kappa shape index (κ1) is 14.5. The standard InChI is InChI=1S/C17H10ClN3O3/c18-11-7-3-1-5-9(11)15-20-17(24-21-15)13-14(22)10-6-2-4-8-12(10)19-16(13)23/h1-8H,(H2,19,22,23). The number of para-hydroxylation sites is 1. The molecule has 0 bridgehead atoms. The Kier molecular flexibility index (Phi) is 3.32. The molecule has 4 aromatic rings. The number of hydrogen-bond acceptors (Lipinski definition) is 5. The highest BCUT2D eigenvalue weighted by molar-refractivity contribution is 6.33. The van der Waals surface area contributed by atoms with Crippen molar-refractivity contribution in [1.82, 2.24) is 15.1 Å². The Hall–Kier alpha value is -3.12. The maximum absolute atomic E-state index is 12.3. The van der Waals surface area contributed by atoms with Crippen molar-refractivity contribution in [3.8, 4) is 28.6 Å². The van der Waals surface area contributed by atoms with Crippen LogP contribution in [0.15, 0.2) is 57.8 Å². The first-order chi connectivity index (χ1) is 11.6. The molecule has 2 heterocycles. The number of aromatic nitrogens is 3. The van der Waals surface area contributed by atoms with Crippen LogP contribution >= 0.6 is 11.6 Å². The normalized spacial score (nSPS) is 11.0. The zero-order valence-corrected chi connectivity index (χ0v) is 12.9. The molecule has 24 heavy (non-hydrogen) atoms. The van der Waals surface area contributed by atoms with Crippen molar-refractivity contribution in [3.05, 3.63) is 63.9 Å². The summed E-state index contributed by atoms with van der Waals surface area (Å²) in [5.41, 5.74) is 0.514. The van der Waals surface area contributed by atoms with Crippen LogP contribution in [0, 0.1) is 0 Å². The molecule has 4 rings (SSSR count). The van der Waals surface area contributed by atoms with Crippen LogP contribution in [0.4, 0.5) is 0 Å². The van der Waals surface area contributed by atoms with E-state index < -0.39 is 5.56 Å². The van der Waals surface area contributed by atoms with Crippen LogP contribution in [0.2, 0.25) is 5.02 Å². The van der Waals surface area contributed by atoms with Crippen LogP contribution in [0.3, 0.4) is 0 Å². The second-order valence-electron chi connectivity index (χ2n) is 5.13. The number of fused-ring (bicyclic) bond motifs is 1. The quantitative estimate of drug-likeness (QED) is 0.582. The van der Waals surface area contributed by atoms with E-state index in [-0.39, 0.29) is 23.0 Å². The third-order valence-corrected chi connectivity index (χ3v) is 3.98. The van der Waals surface area contributed by atoms with E-state index in [4.69, 9.17) is 16.1 Å². The summed E-state index contributed by atoms with van der Waals surface area (Å²) in [6.45, 7) is 0. The van der Waals surface area contributed by atoms with Crippen molar-refractivity contribution in [1.29, 1.82) is 0 Å². The van der Waals surface area contributed by atoms with E-state index in [0.717, 1.165) is 0 Å². The fourth-order valence-corrected chi connectivity index (χ4v) is 2.72. The van der Waals surface area contributed by atoms with E-state index in [2.05, 4.69) is 15.1 Å². The monoisotopic (exact) mass is 339 g/mol. The number of benzene rings is 2. The first-order valence-electron chi connectivity index (χ1n) is 7.08. The number of nitrogens with one attached hydrogen (secondary N) is 1. The minimum absolute atomic E-state index is 0.0699. The lowest BCUT2D eigenvalue weighted by molar-refractivity contribution is 0.426. The number of halogens is 1. The van der Waals surface area contributed by atoms with Gasteiger partial charge in [0.05, 0.1) is 10.5 Å². The van der Waals surface area contributed by atoms with Gasteiger partial charge in [-0.1, -0.05) is 41.0 Å². The number of pyridine rings is 1. The smallest absolute Gasteiger partial charge is 0.267 e. The van der Waals surface area contributed by atoms with Gasteiger partial charge in [0.15, 0.2) is 0 Å². The molecule has 0 amide bonds. The van der Waals surface area contributed by atoms with E-state index in [9.17, 15) is 9.90 Å². The van der Waals surface area contributed by atoms with Crippen molar-refractivity contribution in [2.45, 2.75) is 0 Å². The number of hydrogen-bond donors (Lipinski definition) is 2. The summed E-state index contributed by atoms with van der Waals surface area (Å²) in [6, 6.07) is 13.9. The molecule has 0 aliphatic carbocycles. The predicted molar refractivity (Wildman–Crippen MR) is 90.0 cm³/mol. The highest BCUT2D eigenvalue weighted by Gasteiger charge is 2.20. The Morgan fingerprint density at radius 1 is 1.08 bits per heavy atom. The van der Waals surface area contributed by atoms with Gasteiger partial charge in [-0.15, -0.1) is 0 Å². The van der Waals surface area contributed by atoms with E-state index in [0.29, 0.717) is 21.5 Å². The summed E-state index contributed by atoms with van der Waals surface area (Å²) in [7, 11) is 0. The molecule has 2 aromatic heterocycles. The summed E-state index contributed by atoms with van der Waals surface area (Å²) in [5, 5.41) is 15.2. The van der Waals surface area contributed by atoms with Crippen LogP contribution in [0.5, 0.6) is 5.75 Å². The fourth-order valence-electron chi connectivity index (χ4n) is 2.50. The van der Waals surface area contributed by atoms with Crippen molar-refractivity contribution in [2.75, 3.05) is 0 Å². The summed E-state index contributed by atoms with van der Waals surface area (Å²) in [5.74, 6) is -0.0410. The zero-order valence-electron chi connectivity index (χ0n) is 12.2. The van der Waals surface area contributed by atoms with Crippen molar-refractivity contribution < 1.29 is 9.63 Å². The number of rotatable bonds is 2. The van der Waals surface area contributed by atoms with E-state index in [1.54, 1.807) is 48.5 Å². The molecule has 6 nitrogen and oxygen atoms in total. The molecule has 118 valence electrons. The number of aromatic amines is 1. The Morgan fingerprint density at radius 2 is 1.83 bits per heavy atom. The Balaban J connectivity index is 1.91. The van der Waals surface area contributed by atoms with Crippen LogP contribution < -0.4 is 5.56 Å². The number of aromatic hydroxyl groups is 1. The summed E-state index contributed by atoms with van der Waals surface area (Å²) < 4.78 is 5.17. The van der Waals surface area contributed by atoms with Gasteiger partial charge in [-0.2, -0.15) is 4.98 Å². The van der Waals surface area contributed by atoms with Gasteiger partial charge in [-0.25, -0.2) is 0 Å². The van der Waals surface area contributed by atoms with Gasteiger partial charge in [0.25, 0.3) is 11.4 Å². The van der Waals surface area contributed by atoms with Crippen LogP contribution in [0.25, 0.3) is 33.7 Å². The number of H-pyrrole nitrogens is 1. The van der Waals surface area contributed by atoms with Crippen LogP contribution in [-0.4, -0.2) is 20.2 Å². The minimum Gasteiger partial charge on any atom is -0.506 e. The lowest BCUT2D eigenvalue weighted by Gasteiger charge is -2.03. The largest absolute Gasteiger partial charge is 0.506 e. The average molecular weight is 340 g/mol. The van der Waals surface area contributed by atoms with Crippen LogP contribution in [-0.2, 0) is 0 Å². The van der Waals surface area contributed by atoms with Gasteiger partial charge in [0, 0.05) is 10.9 Å². The Bertz CT molecular complexity index is 1120. The molecule has 0 saturated carbocycles. The molecule has 0 unspecified atom stereocenters. The molecule has 7 heteroatoms. The van der Waals surface area contributed by atoms with Crippen molar-refractivity contribution in [2.24, 2.45) is 0 Å². The highest BCUT2D eigenvalue weighted by Crippen LogP contribution is 2.32. The Labute approximate surface area is 140 Å². The third-order valence-electron chi connectivity index (χ3n) is 3.65. The van der Waals surface area contributed by atoms with Gasteiger partial charge >= 0.3 is 0 Å². The SMILES string of the molecule is O=c1[nH]c2ccccc2c(O)c1-c1nc(-c2ccccc2Cl)no1. The summed E-state index contributed by atoms with van der Waals surface area (Å²) >= 11 is 6.12. The zero-order chi connectivity index (χ0) is 16.7. The minimum atomic E-state index is -0.513. The molecule has 2 aromatic carbocycles. The second-order valence-corrected chi connectivity index (χ2v) is 5.53. The first-order valence-corrected chi connectivity index (χ1v) is 7.46. The highest BCUT2D eigenvalue weighted by atomic mass is 35.5. The average Bonchev–Trinajstić information content (AvgIpc) is 3.04. The maximum atomic E-state index is 12.3. The number of nitrogens with zero attached hydrogens (tertiary/aromatic N) is 2. The lowest BCUT2D eigenvalue weighted by atomic mass is 10.1. The third kappa shape index (κ3) is 2.24. The van der Waals surface area contributed by atoms with Gasteiger partial charge in [0.2, 0.25) is 5.82 Å². The second kappa shape index (κ2) is 5.50. The maximum Gasteiger partial charge on any atom is 0.267 e. The molecule has 2 N–H and O–H groups in total. The summed E-state index contributed by atoms with van der Waals surface area (Å²) in [4.78, 5) is 19.2. The molecule has 0 saturated heterocycles. The van der Waals surface area contributed by atoms with Gasteiger partial charge < -0.3 is 14.6 Å². The van der Waals surface area contributed by atoms with E-state index >= 15 is 0 Å². The van der Waals surface area contributed by atoms with Crippen molar-refractivity contribution >= 4 is 22.5 Å². The molecule has 0 aliphatic heterocycles. The summed E-state index contributed by atoms with van der Waals surface area (Å²) in [6.07, 6.45) is 0. The van der Waals surface area contributed by atoms with Gasteiger partial charge in [-0.05, 0) is 24.3 Å².